The highest BCUT2D eigenvalue weighted by Crippen LogP contribution is 2.30. The Hall–Kier alpha value is -5.50. The Labute approximate surface area is 523 Å². The second-order valence-corrected chi connectivity index (χ2v) is 27.6. The zero-order valence-corrected chi connectivity index (χ0v) is 57.7. The van der Waals surface area contributed by atoms with Crippen LogP contribution in [0.25, 0.3) is 0 Å². The molecule has 0 aromatic carbocycles. The molecule has 1 aliphatic heterocycles. The third kappa shape index (κ3) is 21.6. The SMILES string of the molecule is C=[N+]1C(=O)[C@H](C)NC(=O)[C@H](C)NC(=O)[C@H](CC(C)C)N(C)C(=O)[C@H](C(C)C)NC(=O)[C@H](CC(C)(C)O)N(C)C(=O)[C@H](SC)N(C)C(=O)[C@H](CC)NC(=O)C([C@@H](O)[C@H](C)C/C=C/C)N(C)C(=O)[C@H](C(C)C)N(C)C(=O)[C@H](CC(C)C)[N+](C)([O-])[C@@H]1CC(C)C. The second kappa shape index (κ2) is 34.5. The van der Waals surface area contributed by atoms with E-state index in [0.29, 0.717) is 0 Å². The number of amides is 10. The molecule has 1 aliphatic rings. The number of allylic oxidation sites excluding steroid dienone is 2. The number of rotatable bonds is 16. The molecule has 1 saturated heterocycles. The number of nitrogens with zero attached hydrogens (tertiary/aromatic N) is 7. The van der Waals surface area contributed by atoms with Crippen LogP contribution in [0.1, 0.15) is 156 Å². The molecule has 10 amide bonds. The molecule has 24 nitrogen and oxygen atoms in total. The largest absolute Gasteiger partial charge is 0.628 e. The molecule has 14 atom stereocenters. The molecule has 0 aliphatic carbocycles. The van der Waals surface area contributed by atoms with Gasteiger partial charge in [-0.05, 0) is 95.6 Å². The molecule has 0 radical (unpaired) electrons. The van der Waals surface area contributed by atoms with Gasteiger partial charge in [-0.3, -0.25) is 47.8 Å². The van der Waals surface area contributed by atoms with E-state index in [1.54, 1.807) is 66.9 Å². The zero-order valence-electron chi connectivity index (χ0n) is 56.9. The van der Waals surface area contributed by atoms with Crippen molar-refractivity contribution >= 4 is 77.6 Å². The number of quaternary nitrogens is 1. The summed E-state index contributed by atoms with van der Waals surface area (Å²) in [5.74, 6) is -10.4. The molecular formula is C62H112N11O13S+. The van der Waals surface area contributed by atoms with Crippen LogP contribution in [-0.2, 0) is 47.9 Å². The van der Waals surface area contributed by atoms with Crippen molar-refractivity contribution in [3.05, 3.63) is 17.4 Å². The first kappa shape index (κ1) is 79.5. The van der Waals surface area contributed by atoms with Crippen molar-refractivity contribution in [2.75, 3.05) is 48.5 Å². The predicted molar refractivity (Wildman–Crippen MR) is 339 cm³/mol. The first-order valence-corrected chi connectivity index (χ1v) is 32.0. The van der Waals surface area contributed by atoms with Crippen LogP contribution in [0.2, 0.25) is 0 Å². The molecule has 0 aromatic heterocycles. The maximum Gasteiger partial charge on any atom is 0.413 e. The maximum atomic E-state index is 15.7. The second-order valence-electron chi connectivity index (χ2n) is 26.7. The van der Waals surface area contributed by atoms with Gasteiger partial charge in [-0.2, -0.15) is 0 Å². The van der Waals surface area contributed by atoms with Crippen molar-refractivity contribution in [1.82, 2.24) is 45.8 Å². The highest BCUT2D eigenvalue weighted by Gasteiger charge is 2.51. The van der Waals surface area contributed by atoms with Crippen LogP contribution in [0, 0.1) is 40.7 Å². The van der Waals surface area contributed by atoms with Gasteiger partial charge in [-0.25, -0.2) is 4.79 Å². The van der Waals surface area contributed by atoms with Crippen molar-refractivity contribution in [3.63, 3.8) is 0 Å². The van der Waals surface area contributed by atoms with Crippen molar-refractivity contribution in [2.24, 2.45) is 35.5 Å². The van der Waals surface area contributed by atoms with Gasteiger partial charge in [0.15, 0.2) is 17.5 Å². The van der Waals surface area contributed by atoms with E-state index in [9.17, 15) is 48.6 Å². The van der Waals surface area contributed by atoms with Gasteiger partial charge in [0.2, 0.25) is 41.4 Å². The summed E-state index contributed by atoms with van der Waals surface area (Å²) in [5.41, 5.74) is -1.57. The number of carbonyl (C=O) groups excluding carboxylic acids is 10. The molecule has 0 saturated carbocycles. The quantitative estimate of drug-likeness (QED) is 0.0560. The smallest absolute Gasteiger partial charge is 0.413 e. The molecule has 1 fully saturated rings. The van der Waals surface area contributed by atoms with E-state index >= 15 is 14.8 Å². The Morgan fingerprint density at radius 1 is 0.644 bits per heavy atom. The number of carbonyl (C=O) groups is 10. The van der Waals surface area contributed by atoms with E-state index in [-0.39, 0.29) is 56.3 Å². The molecule has 6 N–H and O–H groups in total. The minimum absolute atomic E-state index is 0.0166. The van der Waals surface area contributed by atoms with Crippen LogP contribution in [0.3, 0.4) is 0 Å². The number of thioether (sulfide) groups is 1. The summed E-state index contributed by atoms with van der Waals surface area (Å²) in [4.78, 5) is 153. The number of aliphatic hydroxyl groups is 2. The van der Waals surface area contributed by atoms with Gasteiger partial charge in [0.05, 0.1) is 25.2 Å². The number of hydrogen-bond donors (Lipinski definition) is 6. The van der Waals surface area contributed by atoms with E-state index in [4.69, 9.17) is 0 Å². The minimum Gasteiger partial charge on any atom is -0.628 e. The Balaban J connectivity index is 4.50. The van der Waals surface area contributed by atoms with Gasteiger partial charge < -0.3 is 61.2 Å². The van der Waals surface area contributed by atoms with Crippen molar-refractivity contribution in [3.8, 4) is 0 Å². The molecule has 0 aromatic rings. The average molecular weight is 1250 g/mol. The summed E-state index contributed by atoms with van der Waals surface area (Å²) in [6, 6.07) is -12.4. The van der Waals surface area contributed by atoms with Gasteiger partial charge >= 0.3 is 5.91 Å². The van der Waals surface area contributed by atoms with E-state index in [2.05, 4.69) is 28.0 Å². The summed E-state index contributed by atoms with van der Waals surface area (Å²) >= 11 is 0.950. The minimum atomic E-state index is -1.67. The Bertz CT molecular complexity index is 2430. The third-order valence-electron chi connectivity index (χ3n) is 16.3. The highest BCUT2D eigenvalue weighted by atomic mass is 32.2. The predicted octanol–water partition coefficient (Wildman–Crippen LogP) is 3.30. The average Bonchev–Trinajstić information content (AvgIpc) is 1.06. The molecule has 25 heteroatoms. The molecule has 498 valence electrons. The fraction of sp³-hybridized carbons (Fsp3) is 0.790. The van der Waals surface area contributed by atoms with Gasteiger partial charge in [-0.15, -0.1) is 16.3 Å². The van der Waals surface area contributed by atoms with E-state index in [0.717, 1.165) is 31.0 Å². The van der Waals surface area contributed by atoms with Crippen molar-refractivity contribution in [1.29, 1.82) is 0 Å². The van der Waals surface area contributed by atoms with Crippen LogP contribution >= 0.6 is 11.8 Å². The number of hydrogen-bond acceptors (Lipinski definition) is 14. The summed E-state index contributed by atoms with van der Waals surface area (Å²) < 4.78 is -0.391. The number of nitrogens with one attached hydrogen (secondary N) is 4. The highest BCUT2D eigenvalue weighted by molar-refractivity contribution is 7.99. The van der Waals surface area contributed by atoms with Gasteiger partial charge in [0, 0.05) is 48.1 Å². The van der Waals surface area contributed by atoms with Crippen molar-refractivity contribution in [2.45, 2.75) is 234 Å². The summed E-state index contributed by atoms with van der Waals surface area (Å²) in [6.45, 7) is 32.5. The van der Waals surface area contributed by atoms with Crippen LogP contribution in [0.15, 0.2) is 12.2 Å². The number of aliphatic hydroxyl groups excluding tert-OH is 1. The summed E-state index contributed by atoms with van der Waals surface area (Å²) in [5, 5.41) is 48.6. The van der Waals surface area contributed by atoms with Crippen LogP contribution < -0.4 is 21.3 Å². The molecular weight excluding hydrogens is 1140 g/mol. The monoisotopic (exact) mass is 1250 g/mol. The first-order chi connectivity index (χ1) is 39.9. The Morgan fingerprint density at radius 3 is 1.60 bits per heavy atom. The molecule has 87 heavy (non-hydrogen) atoms. The number of hydroxylamine groups is 3. The summed E-state index contributed by atoms with van der Waals surface area (Å²) in [6.07, 6.45) is 2.26. The van der Waals surface area contributed by atoms with Gasteiger partial charge in [0.25, 0.3) is 18.0 Å². The molecule has 2 unspecified atom stereocenters. The van der Waals surface area contributed by atoms with E-state index in [1.165, 1.54) is 79.8 Å². The van der Waals surface area contributed by atoms with E-state index < -0.39 is 159 Å². The van der Waals surface area contributed by atoms with Crippen LogP contribution in [0.5, 0.6) is 0 Å². The molecule has 0 bridgehead atoms. The molecule has 0 spiro atoms. The lowest BCUT2D eigenvalue weighted by molar-refractivity contribution is -0.976. The summed E-state index contributed by atoms with van der Waals surface area (Å²) in [7, 11) is 8.02. The molecule has 1 rings (SSSR count). The lowest BCUT2D eigenvalue weighted by Crippen LogP contribution is -2.67. The fourth-order valence-corrected chi connectivity index (χ4v) is 11.8. The Morgan fingerprint density at radius 2 is 1.14 bits per heavy atom. The third-order valence-corrected chi connectivity index (χ3v) is 17.3. The van der Waals surface area contributed by atoms with Crippen LogP contribution in [0.4, 0.5) is 0 Å². The van der Waals surface area contributed by atoms with E-state index in [1.807, 2.05) is 41.5 Å². The van der Waals surface area contributed by atoms with Gasteiger partial charge in [-0.1, -0.05) is 95.2 Å². The lowest BCUT2D eigenvalue weighted by atomic mass is 9.91. The zero-order chi connectivity index (χ0) is 67.8. The number of likely N-dealkylation sites (N-methyl/N-ethyl adjacent to an activating group) is 6. The van der Waals surface area contributed by atoms with Gasteiger partial charge in [0.1, 0.15) is 49.0 Å². The van der Waals surface area contributed by atoms with Crippen LogP contribution in [-0.4, -0.2) is 236 Å². The topological polar surface area (TPSA) is 302 Å². The lowest BCUT2D eigenvalue weighted by Gasteiger charge is -2.49. The normalized spacial score (nSPS) is 29.1. The first-order valence-electron chi connectivity index (χ1n) is 30.7. The van der Waals surface area contributed by atoms with Crippen molar-refractivity contribution < 1.29 is 67.4 Å². The Kier molecular flexibility index (Phi) is 31.5. The standard InChI is InChI=1S/C62H111N11O13S/c1-26-28-29-39(13)50(74)49-54(78)65-42(27-2)56(80)72(23)61(87-25)60(84)68(19)44(33-62(16,17)85)53(77)66-47(37(9)10)58(82)67(18)43(30-34(3)4)52(76)63-40(14)51(75)64-41(15)55(79)69(20)46(32-36(7)8)73(24,86)45(31-35(5)6)57(81)70(21)48(38(11)12)59(83)71(49)22/h26,28,34-50,61,74,85H,20,27,29-33H2,1-19,21-25H3,(H3-,63,64,65,66,75,76,77,78)/p+1/b28-26+/t39-,40+,41+,42+,43+,44+,45+,46-,47+,48+,49?,50+,61+,73?/m1/s1. The fourth-order valence-electron chi connectivity index (χ4n) is 11.0. The maximum absolute atomic E-state index is 15.7. The molecule has 1 heterocycles.